The quantitative estimate of drug-likeness (QED) is 0.0529. The third-order valence-electron chi connectivity index (χ3n) is 19.5. The van der Waals surface area contributed by atoms with Gasteiger partial charge in [0.1, 0.15) is 0 Å². The van der Waals surface area contributed by atoms with E-state index in [4.69, 9.17) is 57.6 Å². The van der Waals surface area contributed by atoms with E-state index in [0.717, 1.165) is 39.1 Å². The molecule has 0 amide bonds. The van der Waals surface area contributed by atoms with Gasteiger partial charge in [-0.15, -0.1) is 0 Å². The van der Waals surface area contributed by atoms with E-state index in [1.165, 1.54) is 308 Å². The molecule has 1 rings (SSSR count). The minimum absolute atomic E-state index is 0.522. The Hall–Kier alpha value is -1.95. The summed E-state index contributed by atoms with van der Waals surface area (Å²) in [4.78, 5) is 14.2. The molecule has 0 aromatic carbocycles. The van der Waals surface area contributed by atoms with Gasteiger partial charge in [-0.2, -0.15) is 15.0 Å². The zero-order valence-corrected chi connectivity index (χ0v) is 66.7. The van der Waals surface area contributed by atoms with E-state index in [1.807, 2.05) is 0 Å². The van der Waals surface area contributed by atoms with Crippen LogP contribution in [0.1, 0.15) is 369 Å². The molecule has 3 atom stereocenters. The van der Waals surface area contributed by atoms with Gasteiger partial charge in [0.15, 0.2) is 0 Å². The third kappa shape index (κ3) is 71.4. The van der Waals surface area contributed by atoms with Crippen LogP contribution in [0, 0.1) is 17.8 Å². The fourth-order valence-corrected chi connectivity index (χ4v) is 13.1. The average Bonchev–Trinajstić information content (AvgIpc) is 0.962. The van der Waals surface area contributed by atoms with Crippen molar-refractivity contribution >= 4 is 17.8 Å². The lowest BCUT2D eigenvalue weighted by Gasteiger charge is -2.17. The monoisotopic (exact) mass is 1410 g/mol. The zero-order valence-electron chi connectivity index (χ0n) is 66.7. The topological polar surface area (TPSA) is 158 Å². The molecule has 0 fully saturated rings. The van der Waals surface area contributed by atoms with Gasteiger partial charge in [-0.3, -0.25) is 0 Å². The van der Waals surface area contributed by atoms with Gasteiger partial charge in [0.25, 0.3) is 0 Å². The van der Waals surface area contributed by atoms with Crippen LogP contribution < -0.4 is 16.0 Å². The standard InChI is InChI=1S/C84H168N6O9/c1-7-13-19-25-31-34-40-46-55-79(52-43-37-28-22-16-10-4)76-97-73-70-94-67-64-91-61-49-58-85-82-88-83(86-59-50-62-92-65-68-95-71-74-98-77-80(53-44-38-29-23-17-11-5)56-47-41-35-32-26-20-14-8-2)90-84(89-82)87-60-51-63-93-66-69-96-72-75-99-78-81(54-45-39-30-24-18-12-6)57-48-42-36-33-27-21-15-9-3/h79-81H,7-78H2,1-6H3,(H3,85,86,87,88,89,90). The number of aromatic nitrogens is 3. The highest BCUT2D eigenvalue weighted by Gasteiger charge is 2.14. The van der Waals surface area contributed by atoms with Crippen molar-refractivity contribution < 1.29 is 42.6 Å². The number of hydrogen-bond donors (Lipinski definition) is 3. The maximum Gasteiger partial charge on any atom is 0.229 e. The Balaban J connectivity index is 2.56. The molecule has 1 heterocycles. The second-order valence-corrected chi connectivity index (χ2v) is 29.1. The first-order valence-electron chi connectivity index (χ1n) is 43.3. The minimum atomic E-state index is 0.522. The summed E-state index contributed by atoms with van der Waals surface area (Å²) in [6, 6.07) is 0. The van der Waals surface area contributed by atoms with E-state index in [1.54, 1.807) is 0 Å². The highest BCUT2D eigenvalue weighted by molar-refractivity contribution is 5.42. The second-order valence-electron chi connectivity index (χ2n) is 29.1. The number of rotatable bonds is 87. The number of nitrogens with one attached hydrogen (secondary N) is 3. The van der Waals surface area contributed by atoms with Crippen LogP contribution in [0.3, 0.4) is 0 Å². The molecule has 0 radical (unpaired) electrons. The normalized spacial score (nSPS) is 12.7. The predicted octanol–water partition coefficient (Wildman–Crippen LogP) is 23.1. The molecule has 588 valence electrons. The van der Waals surface area contributed by atoms with Gasteiger partial charge in [0, 0.05) is 59.3 Å². The molecule has 3 N–H and O–H groups in total. The van der Waals surface area contributed by atoms with Crippen molar-refractivity contribution in [1.29, 1.82) is 0 Å². The minimum Gasteiger partial charge on any atom is -0.379 e. The number of nitrogens with zero attached hydrogens (tertiary/aromatic N) is 3. The molecule has 0 aliphatic carbocycles. The molecule has 3 unspecified atom stereocenters. The van der Waals surface area contributed by atoms with Crippen molar-refractivity contribution in [2.75, 3.05) is 155 Å². The lowest BCUT2D eigenvalue weighted by molar-refractivity contribution is 0.00560. The first-order valence-corrected chi connectivity index (χ1v) is 43.3. The molecule has 1 aromatic heterocycles. The lowest BCUT2D eigenvalue weighted by Crippen LogP contribution is -2.17. The number of anilines is 3. The smallest absolute Gasteiger partial charge is 0.229 e. The lowest BCUT2D eigenvalue weighted by atomic mass is 9.94. The van der Waals surface area contributed by atoms with E-state index >= 15 is 0 Å². The fourth-order valence-electron chi connectivity index (χ4n) is 13.1. The number of unbranched alkanes of at least 4 members (excludes halogenated alkanes) is 36. The van der Waals surface area contributed by atoms with Gasteiger partial charge in [0.2, 0.25) is 17.8 Å². The summed E-state index contributed by atoms with van der Waals surface area (Å²) < 4.78 is 54.2. The maximum absolute atomic E-state index is 6.19. The summed E-state index contributed by atoms with van der Waals surface area (Å²) >= 11 is 0. The van der Waals surface area contributed by atoms with Crippen molar-refractivity contribution in [3.8, 4) is 0 Å². The molecule has 99 heavy (non-hydrogen) atoms. The Morgan fingerprint density at radius 3 is 0.545 bits per heavy atom. The Labute approximate surface area is 613 Å². The summed E-state index contributed by atoms with van der Waals surface area (Å²) in [5.74, 6) is 3.57. The molecular formula is C84H168N6O9. The van der Waals surface area contributed by atoms with E-state index in [-0.39, 0.29) is 0 Å². The zero-order chi connectivity index (χ0) is 71.0. The van der Waals surface area contributed by atoms with Gasteiger partial charge in [-0.25, -0.2) is 0 Å². The van der Waals surface area contributed by atoms with E-state index in [2.05, 4.69) is 57.5 Å². The molecule has 0 saturated heterocycles. The maximum atomic E-state index is 6.19. The van der Waals surface area contributed by atoms with Crippen LogP contribution in [0.25, 0.3) is 0 Å². The van der Waals surface area contributed by atoms with Crippen molar-refractivity contribution in [2.24, 2.45) is 17.8 Å². The van der Waals surface area contributed by atoms with Crippen LogP contribution >= 0.6 is 0 Å². The van der Waals surface area contributed by atoms with E-state index < -0.39 is 0 Å². The molecule has 1 aromatic rings. The van der Waals surface area contributed by atoms with Gasteiger partial charge in [-0.05, 0) is 75.5 Å². The van der Waals surface area contributed by atoms with Crippen LogP contribution in [-0.4, -0.2) is 154 Å². The molecular weight excluding hydrogens is 1240 g/mol. The highest BCUT2D eigenvalue weighted by atomic mass is 16.6. The van der Waals surface area contributed by atoms with Crippen LogP contribution in [0.15, 0.2) is 0 Å². The summed E-state index contributed by atoms with van der Waals surface area (Å²) in [6.45, 7) is 27.3. The van der Waals surface area contributed by atoms with Crippen LogP contribution in [0.2, 0.25) is 0 Å². The highest BCUT2D eigenvalue weighted by Crippen LogP contribution is 2.24. The van der Waals surface area contributed by atoms with Crippen molar-refractivity contribution in [1.82, 2.24) is 15.0 Å². The predicted molar refractivity (Wildman–Crippen MR) is 423 cm³/mol. The van der Waals surface area contributed by atoms with E-state index in [9.17, 15) is 0 Å². The third-order valence-corrected chi connectivity index (χ3v) is 19.5. The summed E-state index contributed by atoms with van der Waals surface area (Å²) in [7, 11) is 0. The molecule has 15 heteroatoms. The summed E-state index contributed by atoms with van der Waals surface area (Å²) in [5.41, 5.74) is 0. The SMILES string of the molecule is CCCCCCCCCCC(CCCCCCCC)COCCOCCOCCCNc1nc(NCCCOCCOCCOCC(CCCCCCCC)CCCCCCCCCC)nc(NCCCOCCOCCOCC(CCCCCCCC)CCCCCCCCCC)n1. The first-order chi connectivity index (χ1) is 49.1. The number of ether oxygens (including phenoxy) is 9. The molecule has 0 bridgehead atoms. The fraction of sp³-hybridized carbons (Fsp3) is 0.964. The largest absolute Gasteiger partial charge is 0.379 e. The Morgan fingerprint density at radius 2 is 0.354 bits per heavy atom. The van der Waals surface area contributed by atoms with Crippen LogP contribution in [0.5, 0.6) is 0 Å². The van der Waals surface area contributed by atoms with Crippen molar-refractivity contribution in [2.45, 2.75) is 369 Å². The Bertz CT molecular complexity index is 1480. The molecule has 15 nitrogen and oxygen atoms in total. The number of hydrogen-bond acceptors (Lipinski definition) is 15. The summed E-state index contributed by atoms with van der Waals surface area (Å²) in [6.07, 6.45) is 67.5. The van der Waals surface area contributed by atoms with Crippen molar-refractivity contribution in [3.63, 3.8) is 0 Å². The molecule has 0 spiro atoms. The van der Waals surface area contributed by atoms with Gasteiger partial charge in [-0.1, -0.05) is 311 Å². The average molecular weight is 1410 g/mol. The second kappa shape index (κ2) is 81.7. The van der Waals surface area contributed by atoms with Crippen LogP contribution in [0.4, 0.5) is 17.8 Å². The van der Waals surface area contributed by atoms with Gasteiger partial charge >= 0.3 is 0 Å². The molecule has 0 aliphatic rings. The van der Waals surface area contributed by atoms with E-state index in [0.29, 0.717) is 154 Å². The van der Waals surface area contributed by atoms with Gasteiger partial charge in [0.05, 0.1) is 79.3 Å². The van der Waals surface area contributed by atoms with Crippen LogP contribution in [-0.2, 0) is 42.6 Å². The molecule has 0 saturated carbocycles. The van der Waals surface area contributed by atoms with Gasteiger partial charge < -0.3 is 58.6 Å². The Kier molecular flexibility index (Phi) is 78.5. The Morgan fingerprint density at radius 1 is 0.192 bits per heavy atom. The first kappa shape index (κ1) is 95.1. The summed E-state index contributed by atoms with van der Waals surface area (Å²) in [5, 5.41) is 10.2. The van der Waals surface area contributed by atoms with Crippen molar-refractivity contribution in [3.05, 3.63) is 0 Å². The molecule has 0 aliphatic heterocycles.